The van der Waals surface area contributed by atoms with Crippen LogP contribution in [0.25, 0.3) is 0 Å². The van der Waals surface area contributed by atoms with Crippen LogP contribution in [0.4, 0.5) is 0 Å². The van der Waals surface area contributed by atoms with E-state index >= 15 is 0 Å². The third kappa shape index (κ3) is 6.59. The molecule has 0 radical (unpaired) electrons. The van der Waals surface area contributed by atoms with Gasteiger partial charge in [0, 0.05) is 18.7 Å². The summed E-state index contributed by atoms with van der Waals surface area (Å²) in [4.78, 5) is 16.4. The van der Waals surface area contributed by atoms with E-state index in [-0.39, 0.29) is 17.6 Å². The molecular formula is C37H45NO3Si. The highest BCUT2D eigenvalue weighted by Crippen LogP contribution is 2.37. The molecule has 4 aromatic carbocycles. The molecule has 0 spiro atoms. The Labute approximate surface area is 253 Å². The topological polar surface area (TPSA) is 49.8 Å². The number of aliphatic hydroxyl groups excluding tert-OH is 1. The van der Waals surface area contributed by atoms with Gasteiger partial charge in [-0.25, -0.2) is 0 Å². The molecule has 0 heterocycles. The zero-order chi connectivity index (χ0) is 30.2. The van der Waals surface area contributed by atoms with Crippen LogP contribution in [0, 0.1) is 0 Å². The van der Waals surface area contributed by atoms with E-state index in [2.05, 4.69) is 95.3 Å². The van der Waals surface area contributed by atoms with Crippen molar-refractivity contribution in [3.8, 4) is 0 Å². The molecule has 0 aliphatic carbocycles. The normalized spacial score (nSPS) is 12.2. The molecule has 1 N–H and O–H groups in total. The number of aryl methyl sites for hydroxylation is 1. The maximum Gasteiger partial charge on any atom is 0.261 e. The predicted octanol–water partition coefficient (Wildman–Crippen LogP) is 6.57. The number of aliphatic hydroxyl groups is 1. The van der Waals surface area contributed by atoms with Crippen molar-refractivity contribution in [2.24, 2.45) is 0 Å². The van der Waals surface area contributed by atoms with E-state index in [0.717, 1.165) is 11.1 Å². The smallest absolute Gasteiger partial charge is 0.261 e. The van der Waals surface area contributed by atoms with E-state index in [1.54, 1.807) is 0 Å². The first-order chi connectivity index (χ1) is 20.1. The first kappa shape index (κ1) is 31.4. The van der Waals surface area contributed by atoms with E-state index in [0.29, 0.717) is 31.6 Å². The number of nitrogens with zero attached hydrogens (tertiary/aromatic N) is 1. The molecule has 220 valence electrons. The van der Waals surface area contributed by atoms with Gasteiger partial charge in [0.2, 0.25) is 0 Å². The van der Waals surface area contributed by atoms with E-state index in [9.17, 15) is 9.90 Å². The summed E-state index contributed by atoms with van der Waals surface area (Å²) < 4.78 is 7.22. The van der Waals surface area contributed by atoms with Gasteiger partial charge in [-0.2, -0.15) is 0 Å². The van der Waals surface area contributed by atoms with Gasteiger partial charge in [0.05, 0.1) is 12.1 Å². The lowest BCUT2D eigenvalue weighted by atomic mass is 9.90. The summed E-state index contributed by atoms with van der Waals surface area (Å²) in [6, 6.07) is 39.2. The van der Waals surface area contributed by atoms with Gasteiger partial charge in [0.1, 0.15) is 0 Å². The molecule has 0 aliphatic rings. The van der Waals surface area contributed by atoms with Crippen molar-refractivity contribution in [2.45, 2.75) is 58.0 Å². The number of benzene rings is 4. The highest BCUT2D eigenvalue weighted by Gasteiger charge is 2.50. The van der Waals surface area contributed by atoms with Crippen LogP contribution in [0.5, 0.6) is 0 Å². The number of hydrogen-bond acceptors (Lipinski definition) is 3. The largest absolute Gasteiger partial charge is 0.406 e. The molecule has 0 unspecified atom stereocenters. The molecule has 0 saturated heterocycles. The van der Waals surface area contributed by atoms with Crippen LogP contribution in [0.15, 0.2) is 115 Å². The Balaban J connectivity index is 1.75. The van der Waals surface area contributed by atoms with Crippen molar-refractivity contribution < 1.29 is 14.3 Å². The van der Waals surface area contributed by atoms with Crippen molar-refractivity contribution in [1.82, 2.24) is 4.90 Å². The molecular weight excluding hydrogens is 534 g/mol. The van der Waals surface area contributed by atoms with Crippen molar-refractivity contribution in [3.63, 3.8) is 0 Å². The van der Waals surface area contributed by atoms with Gasteiger partial charge < -0.3 is 14.4 Å². The third-order valence-corrected chi connectivity index (χ3v) is 13.3. The minimum Gasteiger partial charge on any atom is -0.406 e. The zero-order valence-corrected chi connectivity index (χ0v) is 26.7. The lowest BCUT2D eigenvalue weighted by Gasteiger charge is -2.44. The van der Waals surface area contributed by atoms with Gasteiger partial charge in [0.15, 0.2) is 0 Å². The minimum absolute atomic E-state index is 0.0246. The van der Waals surface area contributed by atoms with Crippen molar-refractivity contribution in [3.05, 3.63) is 132 Å². The number of carbonyl (C=O) groups is 1. The highest BCUT2D eigenvalue weighted by molar-refractivity contribution is 6.99. The lowest BCUT2D eigenvalue weighted by Crippen LogP contribution is -2.67. The van der Waals surface area contributed by atoms with E-state index in [1.165, 1.54) is 10.4 Å². The second kappa shape index (κ2) is 13.6. The molecule has 0 fully saturated rings. The van der Waals surface area contributed by atoms with Crippen LogP contribution in [0.3, 0.4) is 0 Å². The van der Waals surface area contributed by atoms with Gasteiger partial charge in [0.25, 0.3) is 14.2 Å². The quantitative estimate of drug-likeness (QED) is 0.193. The second-order valence-corrected chi connectivity index (χ2v) is 16.7. The van der Waals surface area contributed by atoms with Gasteiger partial charge in [-0.1, -0.05) is 130 Å². The summed E-state index contributed by atoms with van der Waals surface area (Å²) in [5.74, 6) is -0.0246. The Kier molecular flexibility index (Phi) is 10.2. The van der Waals surface area contributed by atoms with E-state index in [4.69, 9.17) is 4.43 Å². The van der Waals surface area contributed by atoms with Gasteiger partial charge in [-0.15, -0.1) is 0 Å². The Morgan fingerprint density at radius 2 is 1.24 bits per heavy atom. The summed E-state index contributed by atoms with van der Waals surface area (Å²) >= 11 is 0. The van der Waals surface area contributed by atoms with Crippen molar-refractivity contribution in [2.75, 3.05) is 19.8 Å². The van der Waals surface area contributed by atoms with Crippen molar-refractivity contribution in [1.29, 1.82) is 0 Å². The standard InChI is InChI=1S/C37H45NO3Si/c1-36(2,3)42(32-22-11-7-12-23-32,33-24-13-8-14-25-33)41-29-27-38(37(4,5)31-20-9-6-10-21-31)35(40)34-26-16-15-18-30(34)19-17-28-39/h6-16,18,20-26,39H,17,19,27-29H2,1-5H3. The molecule has 4 nitrogen and oxygen atoms in total. The van der Waals surface area contributed by atoms with E-state index < -0.39 is 13.9 Å². The molecule has 0 bridgehead atoms. The molecule has 4 rings (SSSR count). The molecule has 42 heavy (non-hydrogen) atoms. The Bertz CT molecular complexity index is 1380. The summed E-state index contributed by atoms with van der Waals surface area (Å²) in [7, 11) is -2.76. The molecule has 0 saturated carbocycles. The van der Waals surface area contributed by atoms with Crippen molar-refractivity contribution >= 4 is 24.6 Å². The first-order valence-corrected chi connectivity index (χ1v) is 16.8. The summed E-state index contributed by atoms with van der Waals surface area (Å²) in [5.41, 5.74) is 2.12. The van der Waals surface area contributed by atoms with Gasteiger partial charge >= 0.3 is 0 Å². The molecule has 5 heteroatoms. The predicted molar refractivity (Wildman–Crippen MR) is 176 cm³/mol. The maximum atomic E-state index is 14.5. The monoisotopic (exact) mass is 579 g/mol. The molecule has 0 aliphatic heterocycles. The fraction of sp³-hybridized carbons (Fsp3) is 0.324. The van der Waals surface area contributed by atoms with Crippen LogP contribution in [0.1, 0.15) is 62.5 Å². The van der Waals surface area contributed by atoms with Crippen LogP contribution >= 0.6 is 0 Å². The van der Waals surface area contributed by atoms with Crippen LogP contribution in [-0.4, -0.2) is 44.0 Å². The Hall–Kier alpha value is -3.51. The first-order valence-electron chi connectivity index (χ1n) is 14.9. The second-order valence-electron chi connectivity index (χ2n) is 12.4. The molecule has 1 amide bonds. The summed E-state index contributed by atoms with van der Waals surface area (Å²) in [5, 5.41) is 11.8. The molecule has 0 atom stereocenters. The van der Waals surface area contributed by atoms with Crippen LogP contribution in [0.2, 0.25) is 5.04 Å². The summed E-state index contributed by atoms with van der Waals surface area (Å²) in [6.45, 7) is 12.0. The Morgan fingerprint density at radius 1 is 0.738 bits per heavy atom. The van der Waals surface area contributed by atoms with Gasteiger partial charge in [-0.05, 0) is 59.3 Å². The van der Waals surface area contributed by atoms with Crippen LogP contribution < -0.4 is 10.4 Å². The number of rotatable bonds is 12. The molecule has 0 aromatic heterocycles. The maximum absolute atomic E-state index is 14.5. The molecule has 4 aromatic rings. The number of hydrogen-bond donors (Lipinski definition) is 1. The SMILES string of the molecule is CC(C)(c1ccccc1)N(CCO[Si](c1ccccc1)(c1ccccc1)C(C)(C)C)C(=O)c1ccccc1CCCO. The third-order valence-electron chi connectivity index (χ3n) is 8.30. The Morgan fingerprint density at radius 3 is 1.76 bits per heavy atom. The van der Waals surface area contributed by atoms with Crippen LogP contribution in [-0.2, 0) is 16.4 Å². The lowest BCUT2D eigenvalue weighted by molar-refractivity contribution is 0.0488. The fourth-order valence-corrected chi connectivity index (χ4v) is 10.6. The minimum atomic E-state index is -2.76. The summed E-state index contributed by atoms with van der Waals surface area (Å²) in [6.07, 6.45) is 1.26. The average Bonchev–Trinajstić information content (AvgIpc) is 3.00. The van der Waals surface area contributed by atoms with E-state index in [1.807, 2.05) is 59.5 Å². The number of amides is 1. The highest BCUT2D eigenvalue weighted by atomic mass is 28.4. The average molecular weight is 580 g/mol. The van der Waals surface area contributed by atoms with Gasteiger partial charge in [-0.3, -0.25) is 4.79 Å². The fourth-order valence-electron chi connectivity index (χ4n) is 6.05. The zero-order valence-electron chi connectivity index (χ0n) is 25.7. The number of carbonyl (C=O) groups excluding carboxylic acids is 1.